The number of rotatable bonds is 2. The number of piperidine rings is 1. The Morgan fingerprint density at radius 1 is 1.06 bits per heavy atom. The molecule has 92 valence electrons. The quantitative estimate of drug-likeness (QED) is 0.819. The summed E-state index contributed by atoms with van der Waals surface area (Å²) in [5.74, 6) is 0.990. The van der Waals surface area contributed by atoms with Crippen molar-refractivity contribution in [2.75, 3.05) is 0 Å². The van der Waals surface area contributed by atoms with Gasteiger partial charge in [-0.05, 0) is 50.5 Å². The van der Waals surface area contributed by atoms with Crippen molar-refractivity contribution < 1.29 is 0 Å². The number of hydrogen-bond acceptors (Lipinski definition) is 1. The second-order valence-electron chi connectivity index (χ2n) is 5.93. The lowest BCUT2D eigenvalue weighted by Crippen LogP contribution is -2.46. The molecule has 1 aromatic carbocycles. The van der Waals surface area contributed by atoms with E-state index in [1.807, 2.05) is 0 Å². The Morgan fingerprint density at radius 2 is 1.88 bits per heavy atom. The number of hydrogen-bond donors (Lipinski definition) is 1. The zero-order valence-corrected chi connectivity index (χ0v) is 10.8. The van der Waals surface area contributed by atoms with Crippen molar-refractivity contribution in [1.29, 1.82) is 0 Å². The van der Waals surface area contributed by atoms with Crippen LogP contribution in [0.3, 0.4) is 0 Å². The summed E-state index contributed by atoms with van der Waals surface area (Å²) in [5, 5.41) is 3.88. The van der Waals surface area contributed by atoms with Crippen molar-refractivity contribution in [2.45, 2.75) is 57.5 Å². The lowest BCUT2D eigenvalue weighted by atomic mass is 9.87. The van der Waals surface area contributed by atoms with Gasteiger partial charge >= 0.3 is 0 Å². The molecule has 1 heterocycles. The molecule has 1 aromatic rings. The molecule has 1 saturated carbocycles. The van der Waals surface area contributed by atoms with Crippen LogP contribution < -0.4 is 5.32 Å². The molecule has 0 amide bonds. The normalized spacial score (nSPS) is 32.4. The molecule has 1 aliphatic heterocycles. The summed E-state index contributed by atoms with van der Waals surface area (Å²) in [6.07, 6.45) is 8.36. The zero-order chi connectivity index (χ0) is 11.7. The fourth-order valence-corrected chi connectivity index (χ4v) is 3.57. The molecule has 1 nitrogen and oxygen atoms in total. The molecule has 2 fully saturated rings. The molecule has 3 atom stereocenters. The largest absolute Gasteiger partial charge is 0.311 e. The van der Waals surface area contributed by atoms with Crippen LogP contribution in [-0.2, 0) is 6.42 Å². The smallest absolute Gasteiger partial charge is 0.0110 e. The van der Waals surface area contributed by atoms with Crippen LogP contribution in [0.1, 0.15) is 43.2 Å². The summed E-state index contributed by atoms with van der Waals surface area (Å²) < 4.78 is 0. The van der Waals surface area contributed by atoms with Crippen molar-refractivity contribution in [3.63, 3.8) is 0 Å². The first kappa shape index (κ1) is 11.3. The van der Waals surface area contributed by atoms with Gasteiger partial charge in [0.2, 0.25) is 0 Å². The van der Waals surface area contributed by atoms with E-state index in [-0.39, 0.29) is 0 Å². The number of benzene rings is 1. The summed E-state index contributed by atoms with van der Waals surface area (Å²) in [6, 6.07) is 10.6. The molecular formula is C16H23N. The summed E-state index contributed by atoms with van der Waals surface area (Å²) in [6.45, 7) is 2.16. The second-order valence-corrected chi connectivity index (χ2v) is 5.93. The van der Waals surface area contributed by atoms with Gasteiger partial charge in [-0.1, -0.05) is 36.2 Å². The van der Waals surface area contributed by atoms with E-state index in [2.05, 4.69) is 36.5 Å². The molecule has 3 rings (SSSR count). The van der Waals surface area contributed by atoms with Gasteiger partial charge in [-0.25, -0.2) is 0 Å². The monoisotopic (exact) mass is 229 g/mol. The van der Waals surface area contributed by atoms with Crippen LogP contribution in [0.15, 0.2) is 24.3 Å². The van der Waals surface area contributed by atoms with Crippen LogP contribution in [0.2, 0.25) is 0 Å². The molecule has 0 aromatic heterocycles. The average molecular weight is 229 g/mol. The molecule has 1 aliphatic carbocycles. The first-order chi connectivity index (χ1) is 8.31. The van der Waals surface area contributed by atoms with Gasteiger partial charge in [0, 0.05) is 12.1 Å². The number of nitrogens with one attached hydrogen (secondary N) is 1. The first-order valence-corrected chi connectivity index (χ1v) is 7.13. The van der Waals surface area contributed by atoms with Crippen LogP contribution >= 0.6 is 0 Å². The summed E-state index contributed by atoms with van der Waals surface area (Å²) in [4.78, 5) is 0. The van der Waals surface area contributed by atoms with Gasteiger partial charge in [-0.15, -0.1) is 0 Å². The van der Waals surface area contributed by atoms with Crippen LogP contribution in [-0.4, -0.2) is 12.1 Å². The summed E-state index contributed by atoms with van der Waals surface area (Å²) >= 11 is 0. The molecule has 1 N–H and O–H groups in total. The minimum atomic E-state index is 0.719. The molecule has 0 radical (unpaired) electrons. The van der Waals surface area contributed by atoms with Crippen LogP contribution in [0.4, 0.5) is 0 Å². The van der Waals surface area contributed by atoms with Crippen molar-refractivity contribution in [3.05, 3.63) is 35.4 Å². The SMILES string of the molecule is Cc1ccc(CC2CCC3CCCC3N2)cc1. The average Bonchev–Trinajstić information content (AvgIpc) is 2.79. The van der Waals surface area contributed by atoms with Crippen molar-refractivity contribution in [2.24, 2.45) is 5.92 Å². The van der Waals surface area contributed by atoms with Gasteiger partial charge in [-0.3, -0.25) is 0 Å². The van der Waals surface area contributed by atoms with Gasteiger partial charge < -0.3 is 5.32 Å². The van der Waals surface area contributed by atoms with E-state index >= 15 is 0 Å². The highest BCUT2D eigenvalue weighted by molar-refractivity contribution is 5.22. The van der Waals surface area contributed by atoms with Gasteiger partial charge in [0.05, 0.1) is 0 Å². The number of fused-ring (bicyclic) bond motifs is 1. The fourth-order valence-electron chi connectivity index (χ4n) is 3.57. The molecule has 0 spiro atoms. The third-order valence-corrected chi connectivity index (χ3v) is 4.60. The van der Waals surface area contributed by atoms with E-state index in [0.29, 0.717) is 0 Å². The van der Waals surface area contributed by atoms with E-state index < -0.39 is 0 Å². The Morgan fingerprint density at radius 3 is 2.71 bits per heavy atom. The second kappa shape index (κ2) is 4.81. The molecule has 3 unspecified atom stereocenters. The first-order valence-electron chi connectivity index (χ1n) is 7.13. The molecule has 1 heteroatoms. The minimum Gasteiger partial charge on any atom is -0.311 e. The van der Waals surface area contributed by atoms with Crippen LogP contribution in [0, 0.1) is 12.8 Å². The fraction of sp³-hybridized carbons (Fsp3) is 0.625. The van der Waals surface area contributed by atoms with E-state index in [0.717, 1.165) is 18.0 Å². The lowest BCUT2D eigenvalue weighted by molar-refractivity contribution is 0.257. The summed E-state index contributed by atoms with van der Waals surface area (Å²) in [5.41, 5.74) is 2.85. The minimum absolute atomic E-state index is 0.719. The maximum absolute atomic E-state index is 3.88. The predicted octanol–water partition coefficient (Wildman–Crippen LogP) is 3.46. The molecule has 0 bridgehead atoms. The maximum atomic E-state index is 3.88. The molecular weight excluding hydrogens is 206 g/mol. The highest BCUT2D eigenvalue weighted by Crippen LogP contribution is 2.34. The topological polar surface area (TPSA) is 12.0 Å². The third-order valence-electron chi connectivity index (χ3n) is 4.60. The van der Waals surface area contributed by atoms with Crippen molar-refractivity contribution >= 4 is 0 Å². The van der Waals surface area contributed by atoms with Gasteiger partial charge in [0.15, 0.2) is 0 Å². The van der Waals surface area contributed by atoms with Gasteiger partial charge in [0.1, 0.15) is 0 Å². The third kappa shape index (κ3) is 2.55. The highest BCUT2D eigenvalue weighted by atomic mass is 15.0. The molecule has 1 saturated heterocycles. The Hall–Kier alpha value is -0.820. The Labute approximate surface area is 105 Å². The Balaban J connectivity index is 1.60. The maximum Gasteiger partial charge on any atom is 0.0110 e. The molecule has 2 aliphatic rings. The van der Waals surface area contributed by atoms with Crippen molar-refractivity contribution in [3.8, 4) is 0 Å². The van der Waals surface area contributed by atoms with E-state index in [9.17, 15) is 0 Å². The zero-order valence-electron chi connectivity index (χ0n) is 10.8. The van der Waals surface area contributed by atoms with Crippen LogP contribution in [0.5, 0.6) is 0 Å². The predicted molar refractivity (Wildman–Crippen MR) is 72.2 cm³/mol. The molecule has 17 heavy (non-hydrogen) atoms. The standard InChI is InChI=1S/C16H23N/c1-12-5-7-13(8-6-12)11-15-10-9-14-3-2-4-16(14)17-15/h5-8,14-17H,2-4,9-11H2,1H3. The van der Waals surface area contributed by atoms with E-state index in [1.54, 1.807) is 0 Å². The highest BCUT2D eigenvalue weighted by Gasteiger charge is 2.32. The Bertz CT molecular complexity index is 368. The number of aryl methyl sites for hydroxylation is 1. The van der Waals surface area contributed by atoms with Gasteiger partial charge in [-0.2, -0.15) is 0 Å². The lowest BCUT2D eigenvalue weighted by Gasteiger charge is -2.33. The van der Waals surface area contributed by atoms with Crippen LogP contribution in [0.25, 0.3) is 0 Å². The van der Waals surface area contributed by atoms with E-state index in [4.69, 9.17) is 0 Å². The van der Waals surface area contributed by atoms with E-state index in [1.165, 1.54) is 49.7 Å². The Kier molecular flexibility index (Phi) is 3.19. The van der Waals surface area contributed by atoms with Crippen molar-refractivity contribution in [1.82, 2.24) is 5.32 Å². The summed E-state index contributed by atoms with van der Waals surface area (Å²) in [7, 11) is 0. The van der Waals surface area contributed by atoms with Gasteiger partial charge in [0.25, 0.3) is 0 Å².